The Morgan fingerprint density at radius 2 is 1.86 bits per heavy atom. The van der Waals surface area contributed by atoms with E-state index < -0.39 is 10.0 Å². The van der Waals surface area contributed by atoms with Crippen LogP contribution in [0.1, 0.15) is 5.56 Å². The summed E-state index contributed by atoms with van der Waals surface area (Å²) in [6.45, 7) is 0.394. The molecule has 3 rings (SSSR count). The van der Waals surface area contributed by atoms with Crippen LogP contribution in [0.25, 0.3) is 0 Å². The topological polar surface area (TPSA) is 68.7 Å². The zero-order chi connectivity index (χ0) is 14.9. The molecule has 21 heavy (non-hydrogen) atoms. The molecule has 2 aromatic rings. The van der Waals surface area contributed by atoms with Crippen LogP contribution in [0.3, 0.4) is 0 Å². The Kier molecular flexibility index (Phi) is 3.52. The average Bonchev–Trinajstić information content (AvgIpc) is 2.95. The number of fused-ring (bicyclic) bond motifs is 1. The third-order valence-electron chi connectivity index (χ3n) is 3.21. The number of hydrogen-bond donors (Lipinski definition) is 0. The van der Waals surface area contributed by atoms with E-state index in [1.807, 2.05) is 0 Å². The van der Waals surface area contributed by atoms with Gasteiger partial charge in [0, 0.05) is 32.1 Å². The van der Waals surface area contributed by atoms with Crippen molar-refractivity contribution in [2.75, 3.05) is 13.8 Å². The first-order chi connectivity index (χ1) is 10.1. The minimum atomic E-state index is -3.58. The molecule has 2 heterocycles. The molecule has 110 valence electrons. The van der Waals surface area contributed by atoms with Gasteiger partial charge in [-0.25, -0.2) is 8.42 Å². The van der Waals surface area contributed by atoms with Gasteiger partial charge in [0.15, 0.2) is 11.5 Å². The molecule has 7 heteroatoms. The minimum absolute atomic E-state index is 0.117. The second-order valence-electron chi connectivity index (χ2n) is 4.63. The van der Waals surface area contributed by atoms with Crippen molar-refractivity contribution >= 4 is 10.0 Å². The molecule has 6 nitrogen and oxygen atoms in total. The van der Waals surface area contributed by atoms with E-state index in [0.29, 0.717) is 11.5 Å². The molecule has 0 radical (unpaired) electrons. The first-order valence-corrected chi connectivity index (χ1v) is 7.76. The van der Waals surface area contributed by atoms with Crippen molar-refractivity contribution in [2.45, 2.75) is 11.4 Å². The fraction of sp³-hybridized carbons (Fsp3) is 0.214. The Morgan fingerprint density at radius 3 is 2.62 bits per heavy atom. The fourth-order valence-electron chi connectivity index (χ4n) is 2.05. The van der Waals surface area contributed by atoms with Crippen LogP contribution < -0.4 is 9.47 Å². The predicted octanol–water partition coefficient (Wildman–Crippen LogP) is 1.63. The standard InChI is InChI=1S/C14H14N2O4S/c1-16(9-11-4-6-15-7-5-11)21(17,18)12-2-3-13-14(8-12)20-10-19-13/h2-8H,9-10H2,1H3. The molecule has 1 aromatic carbocycles. The highest BCUT2D eigenvalue weighted by Crippen LogP contribution is 2.34. The lowest BCUT2D eigenvalue weighted by Gasteiger charge is -2.17. The van der Waals surface area contributed by atoms with Gasteiger partial charge < -0.3 is 9.47 Å². The van der Waals surface area contributed by atoms with Gasteiger partial charge in [-0.15, -0.1) is 0 Å². The van der Waals surface area contributed by atoms with Gasteiger partial charge in [0.05, 0.1) is 4.90 Å². The summed E-state index contributed by atoms with van der Waals surface area (Å²) in [4.78, 5) is 4.10. The first kappa shape index (κ1) is 13.8. The molecule has 0 aliphatic carbocycles. The maximum Gasteiger partial charge on any atom is 0.243 e. The number of sulfonamides is 1. The van der Waals surface area contributed by atoms with Crippen molar-refractivity contribution in [3.05, 3.63) is 48.3 Å². The van der Waals surface area contributed by atoms with Crippen LogP contribution in [0, 0.1) is 0 Å². The molecule has 1 aromatic heterocycles. The van der Waals surface area contributed by atoms with Crippen molar-refractivity contribution in [2.24, 2.45) is 0 Å². The molecule has 0 saturated carbocycles. The Morgan fingerprint density at radius 1 is 1.14 bits per heavy atom. The van der Waals surface area contributed by atoms with Crippen molar-refractivity contribution in [1.29, 1.82) is 0 Å². The predicted molar refractivity (Wildman–Crippen MR) is 75.5 cm³/mol. The van der Waals surface area contributed by atoms with Gasteiger partial charge in [0.2, 0.25) is 16.8 Å². The minimum Gasteiger partial charge on any atom is -0.454 e. The van der Waals surface area contributed by atoms with E-state index in [-0.39, 0.29) is 18.2 Å². The molecule has 0 spiro atoms. The van der Waals surface area contributed by atoms with Crippen molar-refractivity contribution in [3.8, 4) is 11.5 Å². The van der Waals surface area contributed by atoms with Crippen LogP contribution >= 0.6 is 0 Å². The van der Waals surface area contributed by atoms with Gasteiger partial charge in [0.1, 0.15) is 0 Å². The molecule has 0 N–H and O–H groups in total. The van der Waals surface area contributed by atoms with Crippen molar-refractivity contribution in [3.63, 3.8) is 0 Å². The lowest BCUT2D eigenvalue weighted by Crippen LogP contribution is -2.26. The van der Waals surface area contributed by atoms with E-state index in [1.54, 1.807) is 37.6 Å². The summed E-state index contributed by atoms with van der Waals surface area (Å²) >= 11 is 0. The van der Waals surface area contributed by atoms with E-state index in [9.17, 15) is 8.42 Å². The van der Waals surface area contributed by atoms with Gasteiger partial charge in [0.25, 0.3) is 0 Å². The van der Waals surface area contributed by atoms with Crippen LogP contribution in [-0.2, 0) is 16.6 Å². The summed E-state index contributed by atoms with van der Waals surface area (Å²) in [6, 6.07) is 8.18. The van der Waals surface area contributed by atoms with Crippen molar-refractivity contribution < 1.29 is 17.9 Å². The monoisotopic (exact) mass is 306 g/mol. The summed E-state index contributed by atoms with van der Waals surface area (Å²) in [6.07, 6.45) is 3.27. The average molecular weight is 306 g/mol. The van der Waals surface area contributed by atoms with Gasteiger partial charge >= 0.3 is 0 Å². The zero-order valence-corrected chi connectivity index (χ0v) is 12.2. The van der Waals surface area contributed by atoms with Crippen LogP contribution in [0.5, 0.6) is 11.5 Å². The third-order valence-corrected chi connectivity index (χ3v) is 5.01. The highest BCUT2D eigenvalue weighted by atomic mass is 32.2. The van der Waals surface area contributed by atoms with Crippen molar-refractivity contribution in [1.82, 2.24) is 9.29 Å². The second-order valence-corrected chi connectivity index (χ2v) is 6.68. The van der Waals surface area contributed by atoms with E-state index >= 15 is 0 Å². The zero-order valence-electron chi connectivity index (χ0n) is 11.4. The summed E-state index contributed by atoms with van der Waals surface area (Å²) in [5.41, 5.74) is 0.872. The van der Waals surface area contributed by atoms with Gasteiger partial charge in [-0.2, -0.15) is 4.31 Å². The number of nitrogens with zero attached hydrogens (tertiary/aromatic N) is 2. The summed E-state index contributed by atoms with van der Waals surface area (Å²) in [5.74, 6) is 1.01. The summed E-state index contributed by atoms with van der Waals surface area (Å²) in [5, 5.41) is 0. The summed E-state index contributed by atoms with van der Waals surface area (Å²) in [7, 11) is -2.04. The molecule has 0 amide bonds. The van der Waals surface area contributed by atoms with E-state index in [4.69, 9.17) is 9.47 Å². The number of benzene rings is 1. The van der Waals surface area contributed by atoms with Crippen LogP contribution in [0.2, 0.25) is 0 Å². The first-order valence-electron chi connectivity index (χ1n) is 6.32. The lowest BCUT2D eigenvalue weighted by atomic mass is 10.3. The second kappa shape index (κ2) is 5.34. The maximum atomic E-state index is 12.6. The molecule has 0 bridgehead atoms. The molecule has 1 aliphatic heterocycles. The maximum absolute atomic E-state index is 12.6. The van der Waals surface area contributed by atoms with E-state index in [1.165, 1.54) is 16.4 Å². The highest BCUT2D eigenvalue weighted by Gasteiger charge is 2.24. The van der Waals surface area contributed by atoms with Gasteiger partial charge in [-0.3, -0.25) is 4.98 Å². The number of pyridine rings is 1. The molecular weight excluding hydrogens is 292 g/mol. The molecule has 0 atom stereocenters. The van der Waals surface area contributed by atoms with Gasteiger partial charge in [-0.05, 0) is 29.8 Å². The largest absolute Gasteiger partial charge is 0.454 e. The SMILES string of the molecule is CN(Cc1ccncc1)S(=O)(=O)c1ccc2c(c1)OCO2. The Balaban J connectivity index is 1.86. The lowest BCUT2D eigenvalue weighted by molar-refractivity contribution is 0.174. The van der Waals surface area contributed by atoms with Gasteiger partial charge in [-0.1, -0.05) is 0 Å². The number of ether oxygens (including phenoxy) is 2. The Hall–Kier alpha value is -2.12. The Bertz CT molecular complexity index is 747. The molecule has 0 saturated heterocycles. The van der Waals surface area contributed by atoms with Crippen LogP contribution in [0.15, 0.2) is 47.6 Å². The Labute approximate surface area is 123 Å². The third kappa shape index (κ3) is 2.70. The van der Waals surface area contributed by atoms with Crippen LogP contribution in [-0.4, -0.2) is 31.5 Å². The summed E-state index contributed by atoms with van der Waals surface area (Å²) < 4.78 is 36.8. The number of rotatable bonds is 4. The van der Waals surface area contributed by atoms with Crippen LogP contribution in [0.4, 0.5) is 0 Å². The quantitative estimate of drug-likeness (QED) is 0.859. The number of hydrogen-bond acceptors (Lipinski definition) is 5. The molecule has 0 fully saturated rings. The normalized spacial score (nSPS) is 13.6. The molecule has 1 aliphatic rings. The highest BCUT2D eigenvalue weighted by molar-refractivity contribution is 7.89. The van der Waals surface area contributed by atoms with E-state index in [2.05, 4.69) is 4.98 Å². The molecular formula is C14H14N2O4S. The number of aromatic nitrogens is 1. The fourth-order valence-corrected chi connectivity index (χ4v) is 3.22. The van der Waals surface area contributed by atoms with E-state index in [0.717, 1.165) is 5.56 Å². The smallest absolute Gasteiger partial charge is 0.243 e. The molecule has 0 unspecified atom stereocenters.